The lowest BCUT2D eigenvalue weighted by molar-refractivity contribution is -0.0522. The van der Waals surface area contributed by atoms with E-state index in [0.29, 0.717) is 0 Å². The van der Waals surface area contributed by atoms with Gasteiger partial charge in [0.15, 0.2) is 0 Å². The lowest BCUT2D eigenvalue weighted by Gasteiger charge is -2.24. The molecule has 0 aromatic carbocycles. The summed E-state index contributed by atoms with van der Waals surface area (Å²) in [7, 11) is 0. The third kappa shape index (κ3) is 12.9. The molecule has 0 aromatic rings. The molecule has 2 nitrogen and oxygen atoms in total. The Morgan fingerprint density at radius 3 is 1.40 bits per heavy atom. The Morgan fingerprint density at radius 1 is 0.700 bits per heavy atom. The Labute approximate surface area is 127 Å². The Bertz CT molecular complexity index is 196. The number of aliphatic hydroxyl groups excluding tert-OH is 1. The lowest BCUT2D eigenvalue weighted by Crippen LogP contribution is -2.35. The van der Waals surface area contributed by atoms with Crippen molar-refractivity contribution in [2.75, 3.05) is 0 Å². The van der Waals surface area contributed by atoms with Crippen molar-refractivity contribution in [2.24, 2.45) is 0 Å². The van der Waals surface area contributed by atoms with E-state index in [2.05, 4.69) is 6.92 Å². The third-order valence-corrected chi connectivity index (χ3v) is 4.15. The molecule has 0 amide bonds. The smallest absolute Gasteiger partial charge is 0.0849 e. The molecule has 0 aliphatic rings. The fraction of sp³-hybridized carbons (Fsp3) is 1.00. The van der Waals surface area contributed by atoms with Crippen molar-refractivity contribution < 1.29 is 10.2 Å². The highest BCUT2D eigenvalue weighted by Gasteiger charge is 2.23. The molecule has 0 bridgehead atoms. The Morgan fingerprint density at radius 2 is 1.05 bits per heavy atom. The number of hydrogen-bond donors (Lipinski definition) is 2. The van der Waals surface area contributed by atoms with Gasteiger partial charge >= 0.3 is 0 Å². The van der Waals surface area contributed by atoms with Crippen LogP contribution in [0.25, 0.3) is 0 Å². The average molecular weight is 286 g/mol. The lowest BCUT2D eigenvalue weighted by atomic mass is 9.96. The molecule has 0 aliphatic heterocycles. The van der Waals surface area contributed by atoms with Crippen LogP contribution in [-0.4, -0.2) is 21.9 Å². The first-order chi connectivity index (χ1) is 9.48. The van der Waals surface area contributed by atoms with Crippen LogP contribution in [0.2, 0.25) is 0 Å². The minimum atomic E-state index is -0.947. The van der Waals surface area contributed by atoms with E-state index in [1.54, 1.807) is 13.8 Å². The normalized spacial score (nSPS) is 13.7. The van der Waals surface area contributed by atoms with Crippen LogP contribution in [0.3, 0.4) is 0 Å². The fourth-order valence-corrected chi connectivity index (χ4v) is 2.53. The monoisotopic (exact) mass is 286 g/mol. The van der Waals surface area contributed by atoms with Gasteiger partial charge in [-0.25, -0.2) is 0 Å². The number of unbranched alkanes of at least 4 members (excludes halogenated alkanes) is 11. The quantitative estimate of drug-likeness (QED) is 0.430. The van der Waals surface area contributed by atoms with E-state index in [4.69, 9.17) is 0 Å². The van der Waals surface area contributed by atoms with Crippen LogP contribution in [0.15, 0.2) is 0 Å². The van der Waals surface area contributed by atoms with E-state index < -0.39 is 11.7 Å². The molecule has 122 valence electrons. The molecule has 0 aromatic heterocycles. The van der Waals surface area contributed by atoms with Gasteiger partial charge in [0.2, 0.25) is 0 Å². The van der Waals surface area contributed by atoms with E-state index in [1.807, 2.05) is 0 Å². The van der Waals surface area contributed by atoms with Crippen molar-refractivity contribution in [1.82, 2.24) is 0 Å². The zero-order valence-corrected chi connectivity index (χ0v) is 14.2. The molecule has 1 atom stereocenters. The highest BCUT2D eigenvalue weighted by Crippen LogP contribution is 2.17. The van der Waals surface area contributed by atoms with Crippen molar-refractivity contribution in [1.29, 1.82) is 0 Å². The Balaban J connectivity index is 3.14. The van der Waals surface area contributed by atoms with Crippen LogP contribution in [0.4, 0.5) is 0 Å². The summed E-state index contributed by atoms with van der Waals surface area (Å²) in [4.78, 5) is 0. The second kappa shape index (κ2) is 12.6. The number of hydrogen-bond acceptors (Lipinski definition) is 2. The molecule has 0 saturated heterocycles. The van der Waals surface area contributed by atoms with Gasteiger partial charge in [-0.3, -0.25) is 0 Å². The third-order valence-electron chi connectivity index (χ3n) is 4.15. The molecule has 0 spiro atoms. The van der Waals surface area contributed by atoms with E-state index in [0.717, 1.165) is 12.8 Å². The zero-order chi connectivity index (χ0) is 15.3. The van der Waals surface area contributed by atoms with Crippen LogP contribution in [-0.2, 0) is 0 Å². The van der Waals surface area contributed by atoms with Crippen LogP contribution >= 0.6 is 0 Å². The highest BCUT2D eigenvalue weighted by atomic mass is 16.3. The van der Waals surface area contributed by atoms with Gasteiger partial charge in [-0.2, -0.15) is 0 Å². The molecule has 20 heavy (non-hydrogen) atoms. The number of rotatable bonds is 14. The molecule has 0 fully saturated rings. The molecule has 0 heterocycles. The minimum Gasteiger partial charge on any atom is -0.390 e. The highest BCUT2D eigenvalue weighted by molar-refractivity contribution is 4.75. The summed E-state index contributed by atoms with van der Waals surface area (Å²) in [6, 6.07) is 0. The molecule has 2 heteroatoms. The standard InChI is InChI=1S/C18H38O2/c1-4-5-6-7-8-9-10-11-12-13-14-15-16-17(19)18(2,3)20/h17,19-20H,4-16H2,1-3H3. The van der Waals surface area contributed by atoms with Crippen molar-refractivity contribution in [2.45, 2.75) is 116 Å². The van der Waals surface area contributed by atoms with Gasteiger partial charge in [-0.1, -0.05) is 84.0 Å². The predicted octanol–water partition coefficient (Wildman–Crippen LogP) is 5.21. The van der Waals surface area contributed by atoms with Gasteiger partial charge in [0.05, 0.1) is 11.7 Å². The summed E-state index contributed by atoms with van der Waals surface area (Å²) in [5.74, 6) is 0. The zero-order valence-electron chi connectivity index (χ0n) is 14.2. The SMILES string of the molecule is CCCCCCCCCCCCCCC(O)C(C)(C)O. The topological polar surface area (TPSA) is 40.5 Å². The molecule has 0 radical (unpaired) electrons. The first-order valence-corrected chi connectivity index (χ1v) is 8.89. The summed E-state index contributed by atoms with van der Waals surface area (Å²) >= 11 is 0. The second-order valence-electron chi connectivity index (χ2n) is 6.85. The first-order valence-electron chi connectivity index (χ1n) is 8.89. The van der Waals surface area contributed by atoms with Gasteiger partial charge < -0.3 is 10.2 Å². The van der Waals surface area contributed by atoms with E-state index >= 15 is 0 Å². The van der Waals surface area contributed by atoms with E-state index in [-0.39, 0.29) is 0 Å². The maximum absolute atomic E-state index is 9.70. The maximum Gasteiger partial charge on any atom is 0.0849 e. The Kier molecular flexibility index (Phi) is 12.6. The van der Waals surface area contributed by atoms with Crippen molar-refractivity contribution in [3.63, 3.8) is 0 Å². The largest absolute Gasteiger partial charge is 0.390 e. The molecule has 1 unspecified atom stereocenters. The van der Waals surface area contributed by atoms with Crippen LogP contribution in [0.1, 0.15) is 104 Å². The summed E-state index contributed by atoms with van der Waals surface area (Å²) in [5.41, 5.74) is -0.947. The van der Waals surface area contributed by atoms with Gasteiger partial charge in [-0.15, -0.1) is 0 Å². The van der Waals surface area contributed by atoms with Crippen molar-refractivity contribution in [3.8, 4) is 0 Å². The van der Waals surface area contributed by atoms with Crippen molar-refractivity contribution in [3.05, 3.63) is 0 Å². The molecule has 0 saturated carbocycles. The summed E-state index contributed by atoms with van der Waals surface area (Å²) in [6.45, 7) is 5.62. The average Bonchev–Trinajstić information content (AvgIpc) is 2.38. The Hall–Kier alpha value is -0.0800. The fourth-order valence-electron chi connectivity index (χ4n) is 2.53. The van der Waals surface area contributed by atoms with E-state index in [9.17, 15) is 10.2 Å². The van der Waals surface area contributed by atoms with Crippen molar-refractivity contribution >= 4 is 0 Å². The predicted molar refractivity (Wildman–Crippen MR) is 88.0 cm³/mol. The minimum absolute atomic E-state index is 0.578. The van der Waals surface area contributed by atoms with Gasteiger partial charge in [0, 0.05) is 0 Å². The number of aliphatic hydroxyl groups is 2. The molecule has 0 rings (SSSR count). The van der Waals surface area contributed by atoms with Crippen LogP contribution in [0, 0.1) is 0 Å². The molecule has 0 aliphatic carbocycles. The van der Waals surface area contributed by atoms with E-state index in [1.165, 1.54) is 70.6 Å². The molecular weight excluding hydrogens is 248 g/mol. The molecular formula is C18H38O2. The van der Waals surface area contributed by atoms with Gasteiger partial charge in [0.25, 0.3) is 0 Å². The van der Waals surface area contributed by atoms with Crippen LogP contribution < -0.4 is 0 Å². The first kappa shape index (κ1) is 19.9. The van der Waals surface area contributed by atoms with Crippen LogP contribution in [0.5, 0.6) is 0 Å². The van der Waals surface area contributed by atoms with Gasteiger partial charge in [0.1, 0.15) is 0 Å². The maximum atomic E-state index is 9.70. The summed E-state index contributed by atoms with van der Waals surface area (Å²) < 4.78 is 0. The molecule has 2 N–H and O–H groups in total. The van der Waals surface area contributed by atoms with Gasteiger partial charge in [-0.05, 0) is 20.3 Å². The summed E-state index contributed by atoms with van der Waals surface area (Å²) in [5, 5.41) is 19.3. The summed E-state index contributed by atoms with van der Waals surface area (Å²) in [6.07, 6.45) is 16.1. The second-order valence-corrected chi connectivity index (χ2v) is 6.85.